The molecule has 1 aliphatic carbocycles. The van der Waals surface area contributed by atoms with Gasteiger partial charge in [0.05, 0.1) is 6.54 Å². The third-order valence-corrected chi connectivity index (χ3v) is 4.70. The molecule has 0 bridgehead atoms. The van der Waals surface area contributed by atoms with Gasteiger partial charge in [0.2, 0.25) is 11.8 Å². The minimum Gasteiger partial charge on any atom is -0.369 e. The Labute approximate surface area is 144 Å². The van der Waals surface area contributed by atoms with Crippen molar-refractivity contribution in [3.05, 3.63) is 24.5 Å². The van der Waals surface area contributed by atoms with Gasteiger partial charge in [0.15, 0.2) is 0 Å². The van der Waals surface area contributed by atoms with E-state index in [2.05, 4.69) is 24.6 Å². The lowest BCUT2D eigenvalue weighted by Gasteiger charge is -2.30. The molecule has 0 radical (unpaired) electrons. The summed E-state index contributed by atoms with van der Waals surface area (Å²) >= 11 is 0. The molecule has 0 spiro atoms. The van der Waals surface area contributed by atoms with Crippen LogP contribution in [-0.2, 0) is 9.59 Å². The molecule has 2 amide bonds. The Balaban J connectivity index is 1.95. The molecule has 0 saturated heterocycles. The second-order valence-electron chi connectivity index (χ2n) is 7.19. The molecule has 1 aromatic rings. The average Bonchev–Trinajstić information content (AvgIpc) is 3.05. The van der Waals surface area contributed by atoms with E-state index in [0.29, 0.717) is 12.5 Å². The molecule has 3 atom stereocenters. The number of nitrogens with two attached hydrogens (primary N) is 1. The van der Waals surface area contributed by atoms with Crippen LogP contribution in [0.15, 0.2) is 24.5 Å². The number of hydrogen-bond acceptors (Lipinski definition) is 3. The highest BCUT2D eigenvalue weighted by Crippen LogP contribution is 2.30. The molecule has 134 valence electrons. The zero-order valence-corrected chi connectivity index (χ0v) is 14.7. The van der Waals surface area contributed by atoms with Crippen LogP contribution in [0.3, 0.4) is 0 Å². The van der Waals surface area contributed by atoms with Crippen LogP contribution in [-0.4, -0.2) is 29.1 Å². The first-order chi connectivity index (χ1) is 11.5. The second-order valence-corrected chi connectivity index (χ2v) is 7.19. The third kappa shape index (κ3) is 5.28. The molecule has 0 unspecified atom stereocenters. The van der Waals surface area contributed by atoms with Crippen molar-refractivity contribution in [2.24, 2.45) is 23.5 Å². The van der Waals surface area contributed by atoms with Crippen LogP contribution in [0, 0.1) is 17.8 Å². The fourth-order valence-corrected chi connectivity index (χ4v) is 3.51. The first kappa shape index (κ1) is 18.4. The average molecular weight is 334 g/mol. The van der Waals surface area contributed by atoms with E-state index in [4.69, 9.17) is 5.73 Å². The van der Waals surface area contributed by atoms with Gasteiger partial charge in [-0.2, -0.15) is 0 Å². The normalized spacial score (nSPS) is 22.1. The van der Waals surface area contributed by atoms with Crippen LogP contribution in [0.5, 0.6) is 0 Å². The zero-order chi connectivity index (χ0) is 17.5. The third-order valence-electron chi connectivity index (χ3n) is 4.70. The monoisotopic (exact) mass is 334 g/mol. The Morgan fingerprint density at radius 1 is 1.17 bits per heavy atom. The van der Waals surface area contributed by atoms with Crippen LogP contribution in [0.1, 0.15) is 46.0 Å². The van der Waals surface area contributed by atoms with E-state index in [1.54, 1.807) is 0 Å². The Bertz CT molecular complexity index is 527. The lowest BCUT2D eigenvalue weighted by Crippen LogP contribution is -2.48. The maximum absolute atomic E-state index is 12.7. The summed E-state index contributed by atoms with van der Waals surface area (Å²) in [6.45, 7) is 4.93. The molecule has 1 fully saturated rings. The van der Waals surface area contributed by atoms with Gasteiger partial charge in [0.1, 0.15) is 0 Å². The van der Waals surface area contributed by atoms with Gasteiger partial charge < -0.3 is 16.5 Å². The molecule has 2 rings (SSSR count). The van der Waals surface area contributed by atoms with Gasteiger partial charge in [0.25, 0.3) is 0 Å². The van der Waals surface area contributed by atoms with Crippen molar-refractivity contribution in [3.63, 3.8) is 0 Å². The molecule has 1 saturated carbocycles. The lowest BCUT2D eigenvalue weighted by atomic mass is 9.78. The Morgan fingerprint density at radius 3 is 2.38 bits per heavy atom. The number of amides is 2. The molecule has 1 aliphatic rings. The van der Waals surface area contributed by atoms with Crippen LogP contribution in [0.4, 0.5) is 0 Å². The number of hydrogen-bond donors (Lipinski definition) is 3. The predicted octanol–water partition coefficient (Wildman–Crippen LogP) is 1.85. The van der Waals surface area contributed by atoms with Gasteiger partial charge in [0, 0.05) is 30.3 Å². The van der Waals surface area contributed by atoms with Gasteiger partial charge in [-0.25, -0.2) is 0 Å². The number of primary amides is 1. The predicted molar refractivity (Wildman–Crippen MR) is 94.7 cm³/mol. The number of carbonyl (C=O) groups excluding carboxylic acids is 2. The molecule has 0 aromatic carbocycles. The van der Waals surface area contributed by atoms with Gasteiger partial charge in [-0.3, -0.25) is 14.3 Å². The number of rotatable bonds is 8. The smallest absolute Gasteiger partial charge is 0.224 e. The topological polar surface area (TPSA) is 89.2 Å². The summed E-state index contributed by atoms with van der Waals surface area (Å²) in [5, 5.41) is 3.14. The molecule has 1 aromatic heterocycles. The largest absolute Gasteiger partial charge is 0.369 e. The quantitative estimate of drug-likeness (QED) is 0.678. The van der Waals surface area contributed by atoms with Gasteiger partial charge in [-0.1, -0.05) is 26.7 Å². The van der Waals surface area contributed by atoms with Gasteiger partial charge in [-0.15, -0.1) is 0 Å². The molecule has 6 heteroatoms. The van der Waals surface area contributed by atoms with E-state index in [1.165, 1.54) is 0 Å². The van der Waals surface area contributed by atoms with E-state index in [1.807, 2.05) is 29.2 Å². The van der Waals surface area contributed by atoms with Crippen molar-refractivity contribution in [2.75, 3.05) is 12.0 Å². The number of carbonyl (C=O) groups is 2. The molecule has 6 nitrogen and oxygen atoms in total. The SMILES string of the molecule is CC(C)C[C@@H](CNn1cccc1)NC(=O)[C@@H]1CCCC[C@@H]1C(N)=O. The molecule has 1 heterocycles. The minimum atomic E-state index is -0.347. The molecule has 24 heavy (non-hydrogen) atoms. The van der Waals surface area contributed by atoms with Gasteiger partial charge >= 0.3 is 0 Å². The van der Waals surface area contributed by atoms with Crippen LogP contribution in [0.2, 0.25) is 0 Å². The van der Waals surface area contributed by atoms with Crippen molar-refractivity contribution in [1.82, 2.24) is 9.99 Å². The van der Waals surface area contributed by atoms with Crippen molar-refractivity contribution < 1.29 is 9.59 Å². The summed E-state index contributed by atoms with van der Waals surface area (Å²) < 4.78 is 1.88. The lowest BCUT2D eigenvalue weighted by molar-refractivity contribution is -0.135. The maximum Gasteiger partial charge on any atom is 0.224 e. The summed E-state index contributed by atoms with van der Waals surface area (Å²) in [5.41, 5.74) is 8.78. The summed E-state index contributed by atoms with van der Waals surface area (Å²) in [6, 6.07) is 3.92. The summed E-state index contributed by atoms with van der Waals surface area (Å²) in [5.74, 6) is -0.507. The molecular weight excluding hydrogens is 304 g/mol. The Kier molecular flexibility index (Phi) is 6.70. The highest BCUT2D eigenvalue weighted by Gasteiger charge is 2.35. The molecule has 0 aliphatic heterocycles. The minimum absolute atomic E-state index is 0.0235. The summed E-state index contributed by atoms with van der Waals surface area (Å²) in [7, 11) is 0. The van der Waals surface area contributed by atoms with E-state index in [0.717, 1.165) is 32.1 Å². The van der Waals surface area contributed by atoms with Crippen molar-refractivity contribution in [3.8, 4) is 0 Å². The number of nitrogens with zero attached hydrogens (tertiary/aromatic N) is 1. The van der Waals surface area contributed by atoms with Crippen LogP contribution < -0.4 is 16.5 Å². The van der Waals surface area contributed by atoms with E-state index in [-0.39, 0.29) is 29.7 Å². The fraction of sp³-hybridized carbons (Fsp3) is 0.667. The highest BCUT2D eigenvalue weighted by atomic mass is 16.2. The summed E-state index contributed by atoms with van der Waals surface area (Å²) in [4.78, 5) is 24.4. The first-order valence-electron chi connectivity index (χ1n) is 8.94. The van der Waals surface area contributed by atoms with Gasteiger partial charge in [-0.05, 0) is 37.3 Å². The van der Waals surface area contributed by atoms with E-state index in [9.17, 15) is 9.59 Å². The zero-order valence-electron chi connectivity index (χ0n) is 14.7. The number of aromatic nitrogens is 1. The van der Waals surface area contributed by atoms with E-state index >= 15 is 0 Å². The number of nitrogens with one attached hydrogen (secondary N) is 2. The van der Waals surface area contributed by atoms with Crippen LogP contribution >= 0.6 is 0 Å². The highest BCUT2D eigenvalue weighted by molar-refractivity contribution is 5.87. The summed E-state index contributed by atoms with van der Waals surface area (Å²) in [6.07, 6.45) is 8.17. The Hall–Kier alpha value is -1.98. The maximum atomic E-state index is 12.7. The first-order valence-corrected chi connectivity index (χ1v) is 8.94. The molecule has 4 N–H and O–H groups in total. The Morgan fingerprint density at radius 2 is 1.79 bits per heavy atom. The second kappa shape index (κ2) is 8.76. The fourth-order valence-electron chi connectivity index (χ4n) is 3.51. The van der Waals surface area contributed by atoms with Crippen molar-refractivity contribution in [2.45, 2.75) is 52.0 Å². The van der Waals surface area contributed by atoms with E-state index < -0.39 is 0 Å². The van der Waals surface area contributed by atoms with Crippen LogP contribution in [0.25, 0.3) is 0 Å². The van der Waals surface area contributed by atoms with Crippen molar-refractivity contribution >= 4 is 11.8 Å². The van der Waals surface area contributed by atoms with Crippen molar-refractivity contribution in [1.29, 1.82) is 0 Å². The standard InChI is InChI=1S/C18H30N4O2/c1-13(2)11-14(12-20-22-9-5-6-10-22)21-18(24)16-8-4-3-7-15(16)17(19)23/h5-6,9-10,13-16,20H,3-4,7-8,11-12H2,1-2H3,(H2,19,23)(H,21,24)/t14-,15-,16+/m0/s1. The molecular formula is C18H30N4O2.